The SMILES string of the molecule is O=c1c2ccncc2n(-c2ccccc2)c2ncccc12. The summed E-state index contributed by atoms with van der Waals surface area (Å²) in [4.78, 5) is 21.2. The van der Waals surface area contributed by atoms with Gasteiger partial charge < -0.3 is 0 Å². The highest BCUT2D eigenvalue weighted by Crippen LogP contribution is 2.21. The normalized spacial score (nSPS) is 11.0. The molecule has 3 aromatic heterocycles. The van der Waals surface area contributed by atoms with E-state index in [1.54, 1.807) is 30.7 Å². The second-order valence-corrected chi connectivity index (χ2v) is 4.77. The van der Waals surface area contributed by atoms with Crippen molar-refractivity contribution in [2.75, 3.05) is 0 Å². The minimum Gasteiger partial charge on any atom is -0.292 e. The molecule has 0 saturated heterocycles. The molecule has 0 fully saturated rings. The first-order valence-electron chi connectivity index (χ1n) is 6.65. The predicted molar refractivity (Wildman–Crippen MR) is 82.6 cm³/mol. The highest BCUT2D eigenvalue weighted by molar-refractivity contribution is 5.93. The van der Waals surface area contributed by atoms with E-state index in [0.29, 0.717) is 16.4 Å². The summed E-state index contributed by atoms with van der Waals surface area (Å²) in [5.41, 5.74) is 2.36. The number of para-hydroxylation sites is 1. The Morgan fingerprint density at radius 1 is 0.857 bits per heavy atom. The van der Waals surface area contributed by atoms with Crippen molar-refractivity contribution in [3.05, 3.63) is 77.3 Å². The number of hydrogen-bond donors (Lipinski definition) is 0. The van der Waals surface area contributed by atoms with E-state index in [0.717, 1.165) is 11.2 Å². The fraction of sp³-hybridized carbons (Fsp3) is 0. The summed E-state index contributed by atoms with van der Waals surface area (Å²) in [5, 5.41) is 1.26. The van der Waals surface area contributed by atoms with Gasteiger partial charge in [-0.2, -0.15) is 0 Å². The van der Waals surface area contributed by atoms with Crippen LogP contribution in [0.15, 0.2) is 71.9 Å². The van der Waals surface area contributed by atoms with Gasteiger partial charge >= 0.3 is 0 Å². The van der Waals surface area contributed by atoms with Gasteiger partial charge in [-0.05, 0) is 30.3 Å². The fourth-order valence-corrected chi connectivity index (χ4v) is 2.61. The molecule has 4 aromatic rings. The minimum absolute atomic E-state index is 0.0114. The molecule has 21 heavy (non-hydrogen) atoms. The van der Waals surface area contributed by atoms with Crippen LogP contribution in [0.3, 0.4) is 0 Å². The van der Waals surface area contributed by atoms with Gasteiger partial charge in [0, 0.05) is 23.5 Å². The van der Waals surface area contributed by atoms with Gasteiger partial charge in [0.2, 0.25) is 0 Å². The van der Waals surface area contributed by atoms with E-state index in [9.17, 15) is 4.79 Å². The summed E-state index contributed by atoms with van der Waals surface area (Å²) in [6, 6.07) is 15.2. The zero-order valence-electron chi connectivity index (χ0n) is 11.1. The molecule has 0 amide bonds. The van der Waals surface area contributed by atoms with Gasteiger partial charge in [0.1, 0.15) is 5.65 Å². The van der Waals surface area contributed by atoms with E-state index in [-0.39, 0.29) is 5.43 Å². The molecule has 0 aliphatic rings. The lowest BCUT2D eigenvalue weighted by Gasteiger charge is -2.13. The molecule has 1 aromatic carbocycles. The van der Waals surface area contributed by atoms with Crippen LogP contribution in [-0.4, -0.2) is 14.5 Å². The molecule has 4 nitrogen and oxygen atoms in total. The first kappa shape index (κ1) is 11.8. The van der Waals surface area contributed by atoms with Crippen LogP contribution in [0.25, 0.3) is 27.6 Å². The van der Waals surface area contributed by atoms with Crippen molar-refractivity contribution >= 4 is 21.9 Å². The van der Waals surface area contributed by atoms with Crippen LogP contribution in [0.2, 0.25) is 0 Å². The molecule has 0 unspecified atom stereocenters. The van der Waals surface area contributed by atoms with Crippen LogP contribution in [-0.2, 0) is 0 Å². The first-order chi connectivity index (χ1) is 10.4. The van der Waals surface area contributed by atoms with Crippen LogP contribution < -0.4 is 5.43 Å². The Labute approximate surface area is 120 Å². The summed E-state index contributed by atoms with van der Waals surface area (Å²) >= 11 is 0. The van der Waals surface area contributed by atoms with Crippen molar-refractivity contribution in [3.8, 4) is 5.69 Å². The largest absolute Gasteiger partial charge is 0.292 e. The average Bonchev–Trinajstić information content (AvgIpc) is 2.56. The Kier molecular flexibility index (Phi) is 2.54. The van der Waals surface area contributed by atoms with E-state index < -0.39 is 0 Å². The molecule has 0 aliphatic carbocycles. The van der Waals surface area contributed by atoms with Crippen molar-refractivity contribution in [2.24, 2.45) is 0 Å². The molecule has 0 spiro atoms. The van der Waals surface area contributed by atoms with Gasteiger partial charge in [0.25, 0.3) is 0 Å². The molecule has 0 bridgehead atoms. The van der Waals surface area contributed by atoms with Crippen molar-refractivity contribution < 1.29 is 0 Å². The molecule has 0 saturated carbocycles. The van der Waals surface area contributed by atoms with Crippen molar-refractivity contribution in [3.63, 3.8) is 0 Å². The van der Waals surface area contributed by atoms with Crippen LogP contribution in [0.5, 0.6) is 0 Å². The topological polar surface area (TPSA) is 47.8 Å². The molecule has 100 valence electrons. The predicted octanol–water partition coefficient (Wildman–Crippen LogP) is 2.93. The lowest BCUT2D eigenvalue weighted by molar-refractivity contribution is 1.11. The maximum Gasteiger partial charge on any atom is 0.198 e. The second-order valence-electron chi connectivity index (χ2n) is 4.77. The average molecular weight is 273 g/mol. The maximum absolute atomic E-state index is 12.6. The molecule has 0 radical (unpaired) electrons. The van der Waals surface area contributed by atoms with E-state index in [4.69, 9.17) is 0 Å². The zero-order chi connectivity index (χ0) is 14.2. The van der Waals surface area contributed by atoms with Crippen LogP contribution >= 0.6 is 0 Å². The van der Waals surface area contributed by atoms with Gasteiger partial charge in [-0.3, -0.25) is 14.3 Å². The second kappa shape index (κ2) is 4.52. The summed E-state index contributed by atoms with van der Waals surface area (Å²) in [5.74, 6) is 0. The Morgan fingerprint density at radius 2 is 1.71 bits per heavy atom. The Balaban J connectivity index is 2.31. The molecule has 4 rings (SSSR count). The first-order valence-corrected chi connectivity index (χ1v) is 6.65. The third-order valence-electron chi connectivity index (χ3n) is 3.54. The monoisotopic (exact) mass is 273 g/mol. The quantitative estimate of drug-likeness (QED) is 0.501. The maximum atomic E-state index is 12.6. The molecular formula is C17H11N3O. The third-order valence-corrected chi connectivity index (χ3v) is 3.54. The van der Waals surface area contributed by atoms with E-state index in [2.05, 4.69) is 9.97 Å². The van der Waals surface area contributed by atoms with E-state index in [1.807, 2.05) is 41.0 Å². The van der Waals surface area contributed by atoms with Gasteiger partial charge in [-0.25, -0.2) is 4.98 Å². The standard InChI is InChI=1S/C17H11N3O/c21-16-13-8-10-18-11-15(13)20(12-5-2-1-3-6-12)17-14(16)7-4-9-19-17/h1-11H. The number of rotatable bonds is 1. The molecule has 0 aliphatic heterocycles. The number of nitrogens with zero attached hydrogens (tertiary/aromatic N) is 3. The number of hydrogen-bond acceptors (Lipinski definition) is 3. The highest BCUT2D eigenvalue weighted by Gasteiger charge is 2.12. The smallest absolute Gasteiger partial charge is 0.198 e. The molecule has 0 atom stereocenters. The van der Waals surface area contributed by atoms with Gasteiger partial charge in [-0.15, -0.1) is 0 Å². The van der Waals surface area contributed by atoms with Crippen LogP contribution in [0, 0.1) is 0 Å². The summed E-state index contributed by atoms with van der Waals surface area (Å²) < 4.78 is 1.97. The Bertz CT molecular complexity index is 947. The van der Waals surface area contributed by atoms with Gasteiger partial charge in [0.05, 0.1) is 17.1 Å². The molecule has 3 heterocycles. The Hall–Kier alpha value is -3.01. The molecular weight excluding hydrogens is 262 g/mol. The third kappa shape index (κ3) is 1.73. The van der Waals surface area contributed by atoms with Crippen LogP contribution in [0.4, 0.5) is 0 Å². The van der Waals surface area contributed by atoms with Crippen molar-refractivity contribution in [1.29, 1.82) is 0 Å². The van der Waals surface area contributed by atoms with E-state index >= 15 is 0 Å². The van der Waals surface area contributed by atoms with Crippen LogP contribution in [0.1, 0.15) is 0 Å². The highest BCUT2D eigenvalue weighted by atomic mass is 16.1. The summed E-state index contributed by atoms with van der Waals surface area (Å²) in [7, 11) is 0. The lowest BCUT2D eigenvalue weighted by Crippen LogP contribution is -2.11. The van der Waals surface area contributed by atoms with Crippen molar-refractivity contribution in [2.45, 2.75) is 0 Å². The molecule has 4 heteroatoms. The van der Waals surface area contributed by atoms with Gasteiger partial charge in [0.15, 0.2) is 5.43 Å². The molecule has 0 N–H and O–H groups in total. The lowest BCUT2D eigenvalue weighted by atomic mass is 10.1. The fourth-order valence-electron chi connectivity index (χ4n) is 2.61. The number of pyridine rings is 3. The minimum atomic E-state index is -0.0114. The summed E-state index contributed by atoms with van der Waals surface area (Å²) in [6.07, 6.45) is 5.04. The van der Waals surface area contributed by atoms with Crippen molar-refractivity contribution in [1.82, 2.24) is 14.5 Å². The number of aromatic nitrogens is 3. The Morgan fingerprint density at radius 3 is 2.57 bits per heavy atom. The summed E-state index contributed by atoms with van der Waals surface area (Å²) in [6.45, 7) is 0. The van der Waals surface area contributed by atoms with Gasteiger partial charge in [-0.1, -0.05) is 18.2 Å². The number of fused-ring (bicyclic) bond motifs is 2. The van der Waals surface area contributed by atoms with E-state index in [1.165, 1.54) is 0 Å². The zero-order valence-corrected chi connectivity index (χ0v) is 11.1. The number of benzene rings is 1.